The molecule has 0 fully saturated rings. The summed E-state index contributed by atoms with van der Waals surface area (Å²) in [5.74, 6) is -0.464. The van der Waals surface area contributed by atoms with Gasteiger partial charge in [0, 0.05) is 12.1 Å². The van der Waals surface area contributed by atoms with Crippen LogP contribution in [0.25, 0.3) is 0 Å². The molecule has 0 bridgehead atoms. The van der Waals surface area contributed by atoms with Gasteiger partial charge in [-0.05, 0) is 22.0 Å². The van der Waals surface area contributed by atoms with Crippen LogP contribution in [0.5, 0.6) is 5.75 Å². The number of hydrogen-bond acceptors (Lipinski definition) is 3. The highest BCUT2D eigenvalue weighted by Crippen LogP contribution is 2.33. The summed E-state index contributed by atoms with van der Waals surface area (Å²) >= 11 is 8.35. The lowest BCUT2D eigenvalue weighted by atomic mass is 10.2. The number of pyridine rings is 1. The van der Waals surface area contributed by atoms with Gasteiger partial charge in [0.25, 0.3) is 0 Å². The highest BCUT2D eigenvalue weighted by atomic mass is 79.9. The lowest BCUT2D eigenvalue weighted by Crippen LogP contribution is -2.19. The van der Waals surface area contributed by atoms with E-state index < -0.39 is 12.1 Å². The molecule has 0 unspecified atom stereocenters. The summed E-state index contributed by atoms with van der Waals surface area (Å²) in [6.45, 7) is -0.133. The van der Waals surface area contributed by atoms with Gasteiger partial charge in [-0.2, -0.15) is 0 Å². The maximum atomic E-state index is 12.0. The number of alkyl halides is 3. The van der Waals surface area contributed by atoms with E-state index >= 15 is 0 Å². The SMILES string of the molecule is NCc1cc(Cl)nc(Br)c1OC(F)(F)F. The monoisotopic (exact) mass is 304 g/mol. The molecule has 0 aliphatic carbocycles. The van der Waals surface area contributed by atoms with Gasteiger partial charge in [-0.25, -0.2) is 4.98 Å². The van der Waals surface area contributed by atoms with E-state index in [-0.39, 0.29) is 21.9 Å². The van der Waals surface area contributed by atoms with Gasteiger partial charge in [0.05, 0.1) is 0 Å². The fraction of sp³-hybridized carbons (Fsp3) is 0.286. The second-order valence-corrected chi connectivity index (χ2v) is 3.61. The van der Waals surface area contributed by atoms with Crippen LogP contribution in [0.1, 0.15) is 5.56 Å². The van der Waals surface area contributed by atoms with Crippen molar-refractivity contribution in [3.63, 3.8) is 0 Å². The predicted octanol–water partition coefficient (Wildman–Crippen LogP) is 2.85. The molecule has 0 amide bonds. The lowest BCUT2D eigenvalue weighted by molar-refractivity contribution is -0.275. The van der Waals surface area contributed by atoms with Crippen LogP contribution in [0, 0.1) is 0 Å². The lowest BCUT2D eigenvalue weighted by Gasteiger charge is -2.13. The van der Waals surface area contributed by atoms with Crippen molar-refractivity contribution < 1.29 is 17.9 Å². The fourth-order valence-corrected chi connectivity index (χ4v) is 1.74. The standard InChI is InChI=1S/C7H5BrClF3N2O/c8-6-5(15-7(10,11)12)3(2-13)1-4(9)14-6/h1H,2,13H2. The van der Waals surface area contributed by atoms with Crippen molar-refractivity contribution >= 4 is 27.5 Å². The second kappa shape index (κ2) is 4.54. The molecule has 1 heterocycles. The van der Waals surface area contributed by atoms with Crippen molar-refractivity contribution in [3.05, 3.63) is 21.4 Å². The van der Waals surface area contributed by atoms with Crippen molar-refractivity contribution in [2.45, 2.75) is 12.9 Å². The molecule has 8 heteroatoms. The molecule has 0 radical (unpaired) electrons. The van der Waals surface area contributed by atoms with Crippen LogP contribution in [0.4, 0.5) is 13.2 Å². The maximum Gasteiger partial charge on any atom is 0.573 e. The van der Waals surface area contributed by atoms with Crippen molar-refractivity contribution in [1.82, 2.24) is 4.98 Å². The van der Waals surface area contributed by atoms with Gasteiger partial charge in [-0.3, -0.25) is 0 Å². The molecule has 3 nitrogen and oxygen atoms in total. The molecule has 2 N–H and O–H groups in total. The van der Waals surface area contributed by atoms with E-state index in [0.717, 1.165) is 0 Å². The van der Waals surface area contributed by atoms with Gasteiger partial charge < -0.3 is 10.5 Å². The average Bonchev–Trinajstić information content (AvgIpc) is 2.07. The molecule has 0 spiro atoms. The first kappa shape index (κ1) is 12.5. The number of nitrogens with two attached hydrogens (primary N) is 1. The molecule has 0 atom stereocenters. The van der Waals surface area contributed by atoms with Gasteiger partial charge in [0.2, 0.25) is 0 Å². The Labute approximate surface area is 96.5 Å². The van der Waals surface area contributed by atoms with Gasteiger partial charge in [-0.1, -0.05) is 11.6 Å². The molecule has 0 saturated carbocycles. The smallest absolute Gasteiger partial charge is 0.403 e. The number of rotatable bonds is 2. The average molecular weight is 305 g/mol. The van der Waals surface area contributed by atoms with Crippen molar-refractivity contribution in [2.24, 2.45) is 5.73 Å². The molecule has 1 aromatic heterocycles. The highest BCUT2D eigenvalue weighted by Gasteiger charge is 2.33. The van der Waals surface area contributed by atoms with E-state index in [2.05, 4.69) is 25.7 Å². The van der Waals surface area contributed by atoms with E-state index in [1.807, 2.05) is 0 Å². The number of halogens is 5. The first-order valence-corrected chi connectivity index (χ1v) is 4.81. The zero-order chi connectivity index (χ0) is 11.6. The molecule has 84 valence electrons. The summed E-state index contributed by atoms with van der Waals surface area (Å²) in [4.78, 5) is 3.57. The summed E-state index contributed by atoms with van der Waals surface area (Å²) < 4.78 is 39.6. The summed E-state index contributed by atoms with van der Waals surface area (Å²) in [6.07, 6.45) is -4.79. The molecular formula is C7H5BrClF3N2O. The Hall–Kier alpha value is -0.530. The predicted molar refractivity (Wildman–Crippen MR) is 51.5 cm³/mol. The minimum absolute atomic E-state index is 0.0387. The summed E-state index contributed by atoms with van der Waals surface area (Å²) in [6, 6.07) is 1.22. The number of ether oxygens (including phenoxy) is 1. The van der Waals surface area contributed by atoms with E-state index in [0.29, 0.717) is 0 Å². The molecule has 0 aromatic carbocycles. The highest BCUT2D eigenvalue weighted by molar-refractivity contribution is 9.10. The van der Waals surface area contributed by atoms with E-state index in [1.54, 1.807) is 0 Å². The molecule has 0 aliphatic rings. The Morgan fingerprint density at radius 3 is 2.60 bits per heavy atom. The normalized spacial score (nSPS) is 11.6. The first-order chi connectivity index (χ1) is 6.83. The Kier molecular flexibility index (Phi) is 3.80. The fourth-order valence-electron chi connectivity index (χ4n) is 0.894. The second-order valence-electron chi connectivity index (χ2n) is 2.48. The van der Waals surface area contributed by atoms with Crippen molar-refractivity contribution in [2.75, 3.05) is 0 Å². The molecule has 0 aliphatic heterocycles. The number of hydrogen-bond donors (Lipinski definition) is 1. The van der Waals surface area contributed by atoms with E-state index in [1.165, 1.54) is 6.07 Å². The molecule has 1 rings (SSSR count). The molecule has 0 saturated heterocycles. The molecular weight excluding hydrogens is 300 g/mol. The summed E-state index contributed by atoms with van der Waals surface area (Å²) in [7, 11) is 0. The Balaban J connectivity index is 3.15. The zero-order valence-corrected chi connectivity index (χ0v) is 9.45. The minimum Gasteiger partial charge on any atom is -0.403 e. The van der Waals surface area contributed by atoms with Gasteiger partial charge in [0.1, 0.15) is 9.76 Å². The Morgan fingerprint density at radius 2 is 2.13 bits per heavy atom. The van der Waals surface area contributed by atoms with Crippen LogP contribution < -0.4 is 10.5 Å². The topological polar surface area (TPSA) is 48.1 Å². The van der Waals surface area contributed by atoms with Crippen LogP contribution in [0.2, 0.25) is 5.15 Å². The quantitative estimate of drug-likeness (QED) is 0.855. The summed E-state index contributed by atoms with van der Waals surface area (Å²) in [5, 5.41) is 0.0387. The van der Waals surface area contributed by atoms with Gasteiger partial charge in [0.15, 0.2) is 5.75 Å². The van der Waals surface area contributed by atoms with Crippen molar-refractivity contribution in [3.8, 4) is 5.75 Å². The van der Waals surface area contributed by atoms with Gasteiger partial charge in [-0.15, -0.1) is 13.2 Å². The number of nitrogens with zero attached hydrogens (tertiary/aromatic N) is 1. The van der Waals surface area contributed by atoms with Crippen LogP contribution >= 0.6 is 27.5 Å². The van der Waals surface area contributed by atoms with E-state index in [4.69, 9.17) is 17.3 Å². The molecule has 15 heavy (non-hydrogen) atoms. The zero-order valence-electron chi connectivity index (χ0n) is 7.11. The largest absolute Gasteiger partial charge is 0.573 e. The Morgan fingerprint density at radius 1 is 1.53 bits per heavy atom. The summed E-state index contributed by atoms with van der Waals surface area (Å²) in [5.41, 5.74) is 5.38. The first-order valence-electron chi connectivity index (χ1n) is 3.64. The Bertz CT molecular complexity index is 372. The maximum absolute atomic E-state index is 12.0. The van der Waals surface area contributed by atoms with Gasteiger partial charge >= 0.3 is 6.36 Å². The third-order valence-corrected chi connectivity index (χ3v) is 2.15. The van der Waals surface area contributed by atoms with Crippen molar-refractivity contribution in [1.29, 1.82) is 0 Å². The third-order valence-electron chi connectivity index (χ3n) is 1.42. The van der Waals surface area contributed by atoms with Crippen LogP contribution in [0.3, 0.4) is 0 Å². The number of aromatic nitrogens is 1. The minimum atomic E-state index is -4.79. The molecule has 1 aromatic rings. The van der Waals surface area contributed by atoms with E-state index in [9.17, 15) is 13.2 Å². The van der Waals surface area contributed by atoms with Crippen LogP contribution in [-0.4, -0.2) is 11.3 Å². The third kappa shape index (κ3) is 3.51. The van der Waals surface area contributed by atoms with Crippen LogP contribution in [-0.2, 0) is 6.54 Å². The van der Waals surface area contributed by atoms with Crippen LogP contribution in [0.15, 0.2) is 10.7 Å².